The van der Waals surface area contributed by atoms with Crippen molar-refractivity contribution < 1.29 is 9.59 Å². The number of piperidine rings is 1. The second-order valence-corrected chi connectivity index (χ2v) is 13.2. The average molecular weight is 456 g/mol. The lowest BCUT2D eigenvalue weighted by Gasteiger charge is -2.40. The molecule has 1 saturated carbocycles. The molecule has 2 bridgehead atoms. The number of carbonyl (C=O) groups excluding carboxylic acids is 2. The van der Waals surface area contributed by atoms with Gasteiger partial charge in [0, 0.05) is 11.7 Å². The molecule has 5 rings (SSSR count). The van der Waals surface area contributed by atoms with E-state index in [1.165, 1.54) is 0 Å². The molecular formula is C29H30NO2P. The van der Waals surface area contributed by atoms with Crippen molar-refractivity contribution in [2.45, 2.75) is 39.2 Å². The van der Waals surface area contributed by atoms with E-state index >= 15 is 0 Å². The molecule has 2 aliphatic rings. The minimum atomic E-state index is -2.45. The minimum Gasteiger partial charge on any atom is -0.274 e. The zero-order chi connectivity index (χ0) is 23.3. The first-order chi connectivity index (χ1) is 15.8. The Kier molecular flexibility index (Phi) is 5.21. The maximum Gasteiger partial charge on any atom is 0.254 e. The molecule has 2 fully saturated rings. The Balaban J connectivity index is 1.79. The summed E-state index contributed by atoms with van der Waals surface area (Å²) in [4.78, 5) is 29.2. The van der Waals surface area contributed by atoms with E-state index in [2.05, 4.69) is 57.2 Å². The van der Waals surface area contributed by atoms with Crippen LogP contribution in [0.25, 0.3) is 0 Å². The SMILES string of the molecule is CC1(C)[C@@H]2CC[C@@]1(C)N(C(=O)C=P(c1ccccc1)(c1ccccc1)c1ccccc1)C2=O. The van der Waals surface area contributed by atoms with Gasteiger partial charge in [-0.2, -0.15) is 0 Å². The molecular weight excluding hydrogens is 425 g/mol. The number of hydrogen-bond acceptors (Lipinski definition) is 2. The summed E-state index contributed by atoms with van der Waals surface area (Å²) in [7, 11) is 0. The molecule has 3 nitrogen and oxygen atoms in total. The summed E-state index contributed by atoms with van der Waals surface area (Å²) in [6.45, 7) is 3.93. The highest BCUT2D eigenvalue weighted by molar-refractivity contribution is 7.95. The van der Waals surface area contributed by atoms with Crippen LogP contribution in [0.15, 0.2) is 91.0 Å². The average Bonchev–Trinajstić information content (AvgIpc) is 3.15. The van der Waals surface area contributed by atoms with E-state index in [0.717, 1.165) is 28.8 Å². The van der Waals surface area contributed by atoms with E-state index in [0.29, 0.717) is 0 Å². The van der Waals surface area contributed by atoms with Crippen LogP contribution in [0.4, 0.5) is 0 Å². The molecule has 168 valence electrons. The molecule has 3 aromatic carbocycles. The molecule has 1 aliphatic heterocycles. The van der Waals surface area contributed by atoms with Gasteiger partial charge in [-0.25, -0.2) is 0 Å². The number of rotatable bonds is 4. The summed E-state index contributed by atoms with van der Waals surface area (Å²) in [6.07, 6.45) is 1.73. The number of benzene rings is 3. The first-order valence-corrected chi connectivity index (χ1v) is 13.5. The van der Waals surface area contributed by atoms with Crippen LogP contribution < -0.4 is 15.9 Å². The van der Waals surface area contributed by atoms with E-state index < -0.39 is 12.4 Å². The zero-order valence-electron chi connectivity index (χ0n) is 19.4. The molecule has 1 heterocycles. The quantitative estimate of drug-likeness (QED) is 0.549. The maximum absolute atomic E-state index is 14.2. The van der Waals surface area contributed by atoms with Gasteiger partial charge in [0.1, 0.15) is 0 Å². The molecule has 1 aliphatic carbocycles. The molecule has 2 atom stereocenters. The summed E-state index contributed by atoms with van der Waals surface area (Å²) >= 11 is 0. The smallest absolute Gasteiger partial charge is 0.254 e. The van der Waals surface area contributed by atoms with Crippen LogP contribution in [0.1, 0.15) is 33.6 Å². The Hall–Kier alpha value is -2.90. The number of carbonyl (C=O) groups is 2. The van der Waals surface area contributed by atoms with Crippen LogP contribution in [0.5, 0.6) is 0 Å². The number of amides is 2. The first-order valence-electron chi connectivity index (χ1n) is 11.6. The first kappa shape index (κ1) is 21.9. The lowest BCUT2D eigenvalue weighted by atomic mass is 9.75. The van der Waals surface area contributed by atoms with Gasteiger partial charge >= 0.3 is 0 Å². The largest absolute Gasteiger partial charge is 0.274 e. The Labute approximate surface area is 196 Å². The Morgan fingerprint density at radius 1 is 0.818 bits per heavy atom. The van der Waals surface area contributed by atoms with Crippen molar-refractivity contribution >= 4 is 40.4 Å². The number of likely N-dealkylation sites (tertiary alicyclic amines) is 1. The van der Waals surface area contributed by atoms with E-state index in [1.807, 2.05) is 60.4 Å². The standard InChI is InChI=1S/C29H30NO2P/c1-28(2)25-19-20-29(28,3)30(27(25)32)26(31)21-33(22-13-7-4-8-14-22,23-15-9-5-10-16-23)24-17-11-6-12-18-24/h4-18,21,25H,19-20H2,1-3H3/t25-,29-/m1/s1. The van der Waals surface area contributed by atoms with Crippen molar-refractivity contribution in [3.8, 4) is 0 Å². The fourth-order valence-electron chi connectivity index (χ4n) is 5.95. The summed E-state index contributed by atoms with van der Waals surface area (Å²) < 4.78 is 0. The summed E-state index contributed by atoms with van der Waals surface area (Å²) in [5.74, 6) is 1.63. The predicted molar refractivity (Wildman–Crippen MR) is 138 cm³/mol. The topological polar surface area (TPSA) is 37.4 Å². The number of hydrogen-bond donors (Lipinski definition) is 0. The van der Waals surface area contributed by atoms with Gasteiger partial charge < -0.3 is 0 Å². The van der Waals surface area contributed by atoms with Gasteiger partial charge in [-0.15, -0.1) is 0 Å². The van der Waals surface area contributed by atoms with Gasteiger partial charge in [0.25, 0.3) is 5.91 Å². The molecule has 0 N–H and O–H groups in total. The Morgan fingerprint density at radius 2 is 1.24 bits per heavy atom. The number of imide groups is 1. The lowest BCUT2D eigenvalue weighted by molar-refractivity contribution is -0.146. The van der Waals surface area contributed by atoms with Gasteiger partial charge in [0.2, 0.25) is 5.91 Å². The molecule has 1 saturated heterocycles. The third-order valence-electron chi connectivity index (χ3n) is 8.21. The van der Waals surface area contributed by atoms with Gasteiger partial charge in [-0.05, 0) is 48.0 Å². The van der Waals surface area contributed by atoms with Crippen molar-refractivity contribution in [1.29, 1.82) is 0 Å². The summed E-state index contributed by atoms with van der Waals surface area (Å²) in [5, 5.41) is 3.32. The van der Waals surface area contributed by atoms with Crippen LogP contribution in [0, 0.1) is 11.3 Å². The third-order valence-corrected chi connectivity index (χ3v) is 12.2. The van der Waals surface area contributed by atoms with Crippen LogP contribution >= 0.6 is 6.89 Å². The van der Waals surface area contributed by atoms with E-state index in [4.69, 9.17) is 0 Å². The van der Waals surface area contributed by atoms with Crippen LogP contribution in [0.2, 0.25) is 0 Å². The highest BCUT2D eigenvalue weighted by atomic mass is 31.2. The number of nitrogens with zero attached hydrogens (tertiary/aromatic N) is 1. The second kappa shape index (κ2) is 7.85. The summed E-state index contributed by atoms with van der Waals surface area (Å²) in [6, 6.07) is 30.9. The highest BCUT2D eigenvalue weighted by Gasteiger charge is 2.66. The summed E-state index contributed by atoms with van der Waals surface area (Å²) in [5.41, 5.74) is -0.678. The molecule has 2 amide bonds. The molecule has 4 heteroatoms. The fourth-order valence-corrected chi connectivity index (χ4v) is 9.67. The molecule has 0 radical (unpaired) electrons. The van der Waals surface area contributed by atoms with Crippen molar-refractivity contribution in [2.75, 3.05) is 0 Å². The van der Waals surface area contributed by atoms with Gasteiger partial charge in [-0.3, -0.25) is 14.5 Å². The van der Waals surface area contributed by atoms with Crippen molar-refractivity contribution in [3.05, 3.63) is 91.0 Å². The van der Waals surface area contributed by atoms with E-state index in [9.17, 15) is 9.59 Å². The molecule has 0 unspecified atom stereocenters. The Bertz CT molecular complexity index is 1150. The monoisotopic (exact) mass is 455 g/mol. The van der Waals surface area contributed by atoms with Crippen LogP contribution in [-0.4, -0.2) is 28.0 Å². The maximum atomic E-state index is 14.2. The van der Waals surface area contributed by atoms with E-state index in [1.54, 1.807) is 4.90 Å². The fraction of sp³-hybridized carbons (Fsp3) is 0.276. The molecule has 3 aromatic rings. The molecule has 33 heavy (non-hydrogen) atoms. The van der Waals surface area contributed by atoms with Gasteiger partial charge in [-0.1, -0.05) is 105 Å². The van der Waals surface area contributed by atoms with Crippen LogP contribution in [-0.2, 0) is 9.59 Å². The lowest BCUT2D eigenvalue weighted by Crippen LogP contribution is -2.53. The van der Waals surface area contributed by atoms with E-state index in [-0.39, 0.29) is 23.1 Å². The predicted octanol–water partition coefficient (Wildman–Crippen LogP) is 4.35. The van der Waals surface area contributed by atoms with Crippen molar-refractivity contribution in [3.63, 3.8) is 0 Å². The minimum absolute atomic E-state index is 0.0118. The highest BCUT2D eigenvalue weighted by Crippen LogP contribution is 2.59. The third kappa shape index (κ3) is 3.09. The van der Waals surface area contributed by atoms with Gasteiger partial charge in [0.05, 0.1) is 5.54 Å². The normalized spacial score (nSPS) is 23.5. The zero-order valence-corrected chi connectivity index (χ0v) is 20.3. The van der Waals surface area contributed by atoms with Crippen molar-refractivity contribution in [2.24, 2.45) is 11.3 Å². The van der Waals surface area contributed by atoms with Gasteiger partial charge in [0.15, 0.2) is 0 Å². The van der Waals surface area contributed by atoms with Crippen molar-refractivity contribution in [1.82, 2.24) is 4.90 Å². The van der Waals surface area contributed by atoms with Crippen LogP contribution in [0.3, 0.4) is 0 Å². The second-order valence-electron chi connectivity index (χ2n) is 9.96. The Morgan fingerprint density at radius 3 is 1.61 bits per heavy atom. The molecule has 0 spiro atoms. The molecule has 0 aromatic heterocycles. The number of fused-ring (bicyclic) bond motifs is 2.